The van der Waals surface area contributed by atoms with Gasteiger partial charge in [0.05, 0.1) is 0 Å². The normalized spacial score (nSPS) is 11.9. The Bertz CT molecular complexity index is 257. The summed E-state index contributed by atoms with van der Waals surface area (Å²) in [6.45, 7) is -0.0184. The highest BCUT2D eigenvalue weighted by molar-refractivity contribution is 5.85. The van der Waals surface area contributed by atoms with Gasteiger partial charge in [-0.25, -0.2) is 4.39 Å². The molecule has 1 aromatic rings. The molecule has 0 bridgehead atoms. The van der Waals surface area contributed by atoms with Crippen LogP contribution in [0.5, 0.6) is 0 Å². The first-order valence-electron chi connectivity index (χ1n) is 3.86. The molecule has 1 atom stereocenters. The maximum absolute atomic E-state index is 13.0. The third-order valence-corrected chi connectivity index (χ3v) is 1.74. The van der Waals surface area contributed by atoms with Crippen LogP contribution in [-0.4, -0.2) is 11.7 Å². The topological polar surface area (TPSA) is 46.2 Å². The van der Waals surface area contributed by atoms with Crippen LogP contribution in [0.1, 0.15) is 18.0 Å². The van der Waals surface area contributed by atoms with Crippen molar-refractivity contribution >= 4 is 12.4 Å². The van der Waals surface area contributed by atoms with E-state index < -0.39 is 6.04 Å². The van der Waals surface area contributed by atoms with E-state index in [1.807, 2.05) is 0 Å². The second-order valence-electron chi connectivity index (χ2n) is 2.64. The van der Waals surface area contributed by atoms with Crippen molar-refractivity contribution in [2.24, 2.45) is 5.73 Å². The molecule has 0 aromatic heterocycles. The minimum Gasteiger partial charge on any atom is -0.396 e. The quantitative estimate of drug-likeness (QED) is 0.788. The number of hydrogen-bond donors (Lipinski definition) is 2. The van der Waals surface area contributed by atoms with E-state index in [9.17, 15) is 4.39 Å². The van der Waals surface area contributed by atoms with E-state index in [2.05, 4.69) is 0 Å². The Morgan fingerprint density at radius 1 is 1.38 bits per heavy atom. The van der Waals surface area contributed by atoms with Gasteiger partial charge in [-0.1, -0.05) is 18.2 Å². The highest BCUT2D eigenvalue weighted by atomic mass is 35.5. The standard InChI is InChI=1S/C9H12FNO.ClH/c10-8-4-2-1-3-7(8)9(11)5-6-12;/h1-4,9,12H,5-6,11H2;1H/t9-;/m1./s1. The van der Waals surface area contributed by atoms with Crippen molar-refractivity contribution in [2.75, 3.05) is 6.61 Å². The van der Waals surface area contributed by atoms with Crippen molar-refractivity contribution in [1.82, 2.24) is 0 Å². The fourth-order valence-corrected chi connectivity index (χ4v) is 1.07. The van der Waals surface area contributed by atoms with Gasteiger partial charge in [0.25, 0.3) is 0 Å². The summed E-state index contributed by atoms with van der Waals surface area (Å²) in [5.41, 5.74) is 6.07. The molecule has 0 aliphatic carbocycles. The Labute approximate surface area is 83.0 Å². The SMILES string of the molecule is Cl.N[C@H](CCO)c1ccccc1F. The van der Waals surface area contributed by atoms with Gasteiger partial charge in [0.15, 0.2) is 0 Å². The molecule has 0 saturated heterocycles. The Kier molecular flexibility index (Phi) is 5.62. The van der Waals surface area contributed by atoms with Gasteiger partial charge >= 0.3 is 0 Å². The Morgan fingerprint density at radius 2 is 2.00 bits per heavy atom. The summed E-state index contributed by atoms with van der Waals surface area (Å²) in [6.07, 6.45) is 0.390. The number of halogens is 2. The third kappa shape index (κ3) is 3.30. The summed E-state index contributed by atoms with van der Waals surface area (Å²) < 4.78 is 13.0. The first kappa shape index (κ1) is 12.4. The van der Waals surface area contributed by atoms with Crippen LogP contribution in [0.4, 0.5) is 4.39 Å². The Balaban J connectivity index is 0.00000144. The molecule has 4 heteroatoms. The molecule has 2 nitrogen and oxygen atoms in total. The molecule has 0 amide bonds. The largest absolute Gasteiger partial charge is 0.396 e. The van der Waals surface area contributed by atoms with Crippen LogP contribution in [-0.2, 0) is 0 Å². The zero-order valence-corrected chi connectivity index (χ0v) is 7.93. The molecule has 0 spiro atoms. The lowest BCUT2D eigenvalue weighted by Crippen LogP contribution is -2.13. The van der Waals surface area contributed by atoms with E-state index in [1.165, 1.54) is 6.07 Å². The fraction of sp³-hybridized carbons (Fsp3) is 0.333. The maximum atomic E-state index is 13.0. The molecular weight excluding hydrogens is 193 g/mol. The monoisotopic (exact) mass is 205 g/mol. The zero-order valence-electron chi connectivity index (χ0n) is 7.11. The summed E-state index contributed by atoms with van der Waals surface area (Å²) in [5, 5.41) is 8.59. The molecule has 13 heavy (non-hydrogen) atoms. The van der Waals surface area contributed by atoms with Gasteiger partial charge in [0.1, 0.15) is 5.82 Å². The molecule has 0 saturated carbocycles. The Hall–Kier alpha value is -0.640. The first-order chi connectivity index (χ1) is 5.75. The summed E-state index contributed by atoms with van der Waals surface area (Å²) in [5.74, 6) is -0.307. The van der Waals surface area contributed by atoms with Crippen LogP contribution in [0.3, 0.4) is 0 Å². The lowest BCUT2D eigenvalue weighted by Gasteiger charge is -2.10. The van der Waals surface area contributed by atoms with E-state index in [1.54, 1.807) is 18.2 Å². The fourth-order valence-electron chi connectivity index (χ4n) is 1.07. The van der Waals surface area contributed by atoms with Crippen molar-refractivity contribution in [3.63, 3.8) is 0 Å². The molecule has 0 heterocycles. The summed E-state index contributed by atoms with van der Waals surface area (Å²) >= 11 is 0. The Morgan fingerprint density at radius 3 is 2.54 bits per heavy atom. The van der Waals surface area contributed by atoms with E-state index in [0.717, 1.165) is 0 Å². The molecule has 0 aliphatic heterocycles. The third-order valence-electron chi connectivity index (χ3n) is 1.74. The number of hydrogen-bond acceptors (Lipinski definition) is 2. The molecule has 1 aromatic carbocycles. The van der Waals surface area contributed by atoms with Gasteiger partial charge < -0.3 is 10.8 Å². The number of aliphatic hydroxyl groups is 1. The molecular formula is C9H13ClFNO. The minimum absolute atomic E-state index is 0. The maximum Gasteiger partial charge on any atom is 0.127 e. The van der Waals surface area contributed by atoms with Gasteiger partial charge in [0.2, 0.25) is 0 Å². The molecule has 0 aliphatic rings. The minimum atomic E-state index is -0.406. The van der Waals surface area contributed by atoms with E-state index in [-0.39, 0.29) is 24.8 Å². The highest BCUT2D eigenvalue weighted by Gasteiger charge is 2.08. The summed E-state index contributed by atoms with van der Waals surface area (Å²) in [7, 11) is 0. The first-order valence-corrected chi connectivity index (χ1v) is 3.86. The molecule has 3 N–H and O–H groups in total. The molecule has 0 unspecified atom stereocenters. The predicted octanol–water partition coefficient (Wildman–Crippen LogP) is 1.63. The van der Waals surface area contributed by atoms with Gasteiger partial charge in [0, 0.05) is 18.2 Å². The van der Waals surface area contributed by atoms with Crippen LogP contribution in [0.25, 0.3) is 0 Å². The van der Waals surface area contributed by atoms with Crippen molar-refractivity contribution in [3.05, 3.63) is 35.6 Å². The van der Waals surface area contributed by atoms with Gasteiger partial charge in [-0.05, 0) is 12.5 Å². The van der Waals surface area contributed by atoms with E-state index in [0.29, 0.717) is 12.0 Å². The molecule has 1 rings (SSSR count). The van der Waals surface area contributed by atoms with E-state index in [4.69, 9.17) is 10.8 Å². The average Bonchev–Trinajstić information content (AvgIpc) is 2.05. The second kappa shape index (κ2) is 5.91. The van der Waals surface area contributed by atoms with Crippen molar-refractivity contribution in [1.29, 1.82) is 0 Å². The van der Waals surface area contributed by atoms with Crippen LogP contribution >= 0.6 is 12.4 Å². The zero-order chi connectivity index (χ0) is 8.97. The summed E-state index contributed by atoms with van der Waals surface area (Å²) in [6, 6.07) is 5.94. The predicted molar refractivity (Wildman–Crippen MR) is 52.3 cm³/mol. The molecule has 0 radical (unpaired) electrons. The van der Waals surface area contributed by atoms with Crippen molar-refractivity contribution in [2.45, 2.75) is 12.5 Å². The smallest absolute Gasteiger partial charge is 0.127 e. The highest BCUT2D eigenvalue weighted by Crippen LogP contribution is 2.16. The van der Waals surface area contributed by atoms with E-state index >= 15 is 0 Å². The molecule has 0 fully saturated rings. The van der Waals surface area contributed by atoms with Crippen molar-refractivity contribution < 1.29 is 9.50 Å². The lowest BCUT2D eigenvalue weighted by molar-refractivity contribution is 0.275. The number of rotatable bonds is 3. The number of nitrogens with two attached hydrogens (primary N) is 1. The van der Waals surface area contributed by atoms with Crippen LogP contribution in [0, 0.1) is 5.82 Å². The van der Waals surface area contributed by atoms with Crippen LogP contribution < -0.4 is 5.73 Å². The second-order valence-corrected chi connectivity index (χ2v) is 2.64. The lowest BCUT2D eigenvalue weighted by atomic mass is 10.0. The summed E-state index contributed by atoms with van der Waals surface area (Å²) in [4.78, 5) is 0. The molecule has 74 valence electrons. The van der Waals surface area contributed by atoms with Crippen LogP contribution in [0.15, 0.2) is 24.3 Å². The van der Waals surface area contributed by atoms with Crippen molar-refractivity contribution in [3.8, 4) is 0 Å². The van der Waals surface area contributed by atoms with Gasteiger partial charge in [-0.15, -0.1) is 12.4 Å². The number of benzene rings is 1. The van der Waals surface area contributed by atoms with Crippen LogP contribution in [0.2, 0.25) is 0 Å². The van der Waals surface area contributed by atoms with Gasteiger partial charge in [-0.2, -0.15) is 0 Å². The number of aliphatic hydroxyl groups excluding tert-OH is 1. The van der Waals surface area contributed by atoms with Gasteiger partial charge in [-0.3, -0.25) is 0 Å². The average molecular weight is 206 g/mol.